The SMILES string of the molecule is O=C(COC(=O)/C=C/c1cccc(Br)c1)Nc1cccc2c1C(=O)c1ccccc1C2=O. The van der Waals surface area contributed by atoms with Crippen molar-refractivity contribution in [3.05, 3.63) is 105 Å². The molecule has 1 aliphatic carbocycles. The Kier molecular flexibility index (Phi) is 6.09. The van der Waals surface area contributed by atoms with Crippen molar-refractivity contribution in [3.8, 4) is 0 Å². The molecule has 0 aliphatic heterocycles. The van der Waals surface area contributed by atoms with Crippen molar-refractivity contribution in [1.29, 1.82) is 0 Å². The van der Waals surface area contributed by atoms with E-state index in [-0.39, 0.29) is 33.9 Å². The summed E-state index contributed by atoms with van der Waals surface area (Å²) in [6.45, 7) is -0.538. The van der Waals surface area contributed by atoms with E-state index in [4.69, 9.17) is 4.74 Å². The number of fused-ring (bicyclic) bond motifs is 2. The lowest BCUT2D eigenvalue weighted by Crippen LogP contribution is -2.25. The molecule has 0 aromatic heterocycles. The van der Waals surface area contributed by atoms with Gasteiger partial charge in [0.1, 0.15) is 0 Å². The number of ether oxygens (including phenoxy) is 1. The number of rotatable bonds is 5. The molecule has 0 unspecified atom stereocenters. The summed E-state index contributed by atoms with van der Waals surface area (Å²) in [5, 5.41) is 2.57. The third-order valence-corrected chi connectivity index (χ3v) is 5.33. The fourth-order valence-corrected chi connectivity index (χ4v) is 3.81. The molecule has 0 atom stereocenters. The van der Waals surface area contributed by atoms with E-state index in [9.17, 15) is 19.2 Å². The second-order valence-electron chi connectivity index (χ2n) is 6.98. The average molecular weight is 490 g/mol. The zero-order valence-corrected chi connectivity index (χ0v) is 18.2. The number of anilines is 1. The zero-order chi connectivity index (χ0) is 22.7. The molecule has 3 aromatic rings. The zero-order valence-electron chi connectivity index (χ0n) is 16.6. The van der Waals surface area contributed by atoms with Crippen LogP contribution in [0.15, 0.2) is 77.3 Å². The van der Waals surface area contributed by atoms with Gasteiger partial charge < -0.3 is 10.1 Å². The predicted molar refractivity (Wildman–Crippen MR) is 123 cm³/mol. The van der Waals surface area contributed by atoms with Crippen LogP contribution in [0.2, 0.25) is 0 Å². The molecule has 0 spiro atoms. The van der Waals surface area contributed by atoms with Crippen molar-refractivity contribution < 1.29 is 23.9 Å². The number of halogens is 1. The first-order valence-corrected chi connectivity index (χ1v) is 10.4. The Morgan fingerprint density at radius 1 is 0.875 bits per heavy atom. The van der Waals surface area contributed by atoms with Crippen molar-refractivity contribution in [2.24, 2.45) is 0 Å². The molecule has 6 nitrogen and oxygen atoms in total. The minimum absolute atomic E-state index is 0.130. The molecule has 3 aromatic carbocycles. The van der Waals surface area contributed by atoms with Gasteiger partial charge in [-0.05, 0) is 29.8 Å². The van der Waals surface area contributed by atoms with E-state index >= 15 is 0 Å². The predicted octanol–water partition coefficient (Wildman–Crippen LogP) is 4.42. The molecule has 0 radical (unpaired) electrons. The summed E-state index contributed by atoms with van der Waals surface area (Å²) in [5.41, 5.74) is 1.96. The molecule has 0 heterocycles. The van der Waals surface area contributed by atoms with E-state index in [1.165, 1.54) is 12.1 Å². The van der Waals surface area contributed by atoms with Gasteiger partial charge in [-0.15, -0.1) is 0 Å². The number of nitrogens with one attached hydrogen (secondary N) is 1. The number of hydrogen-bond acceptors (Lipinski definition) is 5. The minimum Gasteiger partial charge on any atom is -0.452 e. The van der Waals surface area contributed by atoms with Crippen LogP contribution in [0.3, 0.4) is 0 Å². The largest absolute Gasteiger partial charge is 0.452 e. The summed E-state index contributed by atoms with van der Waals surface area (Å²) in [7, 11) is 0. The molecule has 158 valence electrons. The molecule has 32 heavy (non-hydrogen) atoms. The first-order valence-electron chi connectivity index (χ1n) is 9.66. The summed E-state index contributed by atoms with van der Waals surface area (Å²) in [6, 6.07) is 18.5. The van der Waals surface area contributed by atoms with Crippen molar-refractivity contribution >= 4 is 51.1 Å². The number of esters is 1. The van der Waals surface area contributed by atoms with Crippen molar-refractivity contribution in [2.75, 3.05) is 11.9 Å². The fraction of sp³-hybridized carbons (Fsp3) is 0.0400. The van der Waals surface area contributed by atoms with Gasteiger partial charge in [-0.3, -0.25) is 14.4 Å². The lowest BCUT2D eigenvalue weighted by molar-refractivity contribution is -0.142. The van der Waals surface area contributed by atoms with Crippen LogP contribution in [-0.2, 0) is 14.3 Å². The van der Waals surface area contributed by atoms with Crippen LogP contribution in [0.5, 0.6) is 0 Å². The van der Waals surface area contributed by atoms with Gasteiger partial charge >= 0.3 is 5.97 Å². The Hall–Kier alpha value is -3.84. The first-order chi connectivity index (χ1) is 15.4. The molecule has 7 heteroatoms. The molecule has 0 bridgehead atoms. The van der Waals surface area contributed by atoms with Crippen LogP contribution in [0, 0.1) is 0 Å². The average Bonchev–Trinajstić information content (AvgIpc) is 2.80. The van der Waals surface area contributed by atoms with Gasteiger partial charge in [-0.1, -0.05) is 64.5 Å². The monoisotopic (exact) mass is 489 g/mol. The second-order valence-corrected chi connectivity index (χ2v) is 7.89. The third kappa shape index (κ3) is 4.43. The molecule has 1 aliphatic rings. The number of carbonyl (C=O) groups is 4. The number of carbonyl (C=O) groups excluding carboxylic acids is 4. The van der Waals surface area contributed by atoms with Gasteiger partial charge in [0.2, 0.25) is 0 Å². The van der Waals surface area contributed by atoms with E-state index in [1.807, 2.05) is 24.3 Å². The topological polar surface area (TPSA) is 89.5 Å². The summed E-state index contributed by atoms with van der Waals surface area (Å²) in [6.07, 6.45) is 2.79. The van der Waals surface area contributed by atoms with Gasteiger partial charge in [0, 0.05) is 27.2 Å². The van der Waals surface area contributed by atoms with E-state index in [0.717, 1.165) is 10.0 Å². The van der Waals surface area contributed by atoms with Crippen LogP contribution >= 0.6 is 15.9 Å². The van der Waals surface area contributed by atoms with E-state index in [2.05, 4.69) is 21.2 Å². The summed E-state index contributed by atoms with van der Waals surface area (Å²) in [5.74, 6) is -1.94. The maximum absolute atomic E-state index is 13.0. The Morgan fingerprint density at radius 3 is 2.31 bits per heavy atom. The quantitative estimate of drug-likeness (QED) is 0.331. The normalized spacial score (nSPS) is 12.3. The van der Waals surface area contributed by atoms with Crippen molar-refractivity contribution in [1.82, 2.24) is 0 Å². The number of benzene rings is 3. The maximum Gasteiger partial charge on any atom is 0.331 e. The van der Waals surface area contributed by atoms with Crippen LogP contribution in [-0.4, -0.2) is 30.0 Å². The number of hydrogen-bond donors (Lipinski definition) is 1. The molecule has 0 saturated heterocycles. The molecule has 1 amide bonds. The molecule has 0 fully saturated rings. The van der Waals surface area contributed by atoms with Crippen LogP contribution in [0.4, 0.5) is 5.69 Å². The van der Waals surface area contributed by atoms with Crippen LogP contribution in [0.1, 0.15) is 37.4 Å². The Balaban J connectivity index is 1.44. The summed E-state index contributed by atoms with van der Waals surface area (Å²) >= 11 is 3.35. The fourth-order valence-electron chi connectivity index (χ4n) is 3.39. The number of ketones is 2. The van der Waals surface area contributed by atoms with Crippen molar-refractivity contribution in [3.63, 3.8) is 0 Å². The van der Waals surface area contributed by atoms with Gasteiger partial charge in [0.05, 0.1) is 11.3 Å². The van der Waals surface area contributed by atoms with E-state index in [1.54, 1.807) is 42.5 Å². The van der Waals surface area contributed by atoms with Crippen molar-refractivity contribution in [2.45, 2.75) is 0 Å². The van der Waals surface area contributed by atoms with Crippen LogP contribution < -0.4 is 5.32 Å². The first kappa shape index (κ1) is 21.4. The standard InChI is InChI=1S/C25H16BrNO5/c26-16-6-3-5-15(13-16)11-12-22(29)32-14-21(28)27-20-10-4-9-19-23(20)25(31)18-8-2-1-7-17(18)24(19)30/h1-13H,14H2,(H,27,28)/b12-11+. The van der Waals surface area contributed by atoms with Gasteiger partial charge in [-0.2, -0.15) is 0 Å². The van der Waals surface area contributed by atoms with E-state index in [0.29, 0.717) is 5.56 Å². The Labute approximate surface area is 192 Å². The minimum atomic E-state index is -0.685. The van der Waals surface area contributed by atoms with Gasteiger partial charge in [-0.25, -0.2) is 4.79 Å². The maximum atomic E-state index is 13.0. The van der Waals surface area contributed by atoms with E-state index < -0.39 is 18.5 Å². The molecule has 0 saturated carbocycles. The van der Waals surface area contributed by atoms with Crippen LogP contribution in [0.25, 0.3) is 6.08 Å². The molecular weight excluding hydrogens is 474 g/mol. The molecule has 1 N–H and O–H groups in total. The lowest BCUT2D eigenvalue weighted by atomic mass is 9.83. The summed E-state index contributed by atoms with van der Waals surface area (Å²) < 4.78 is 5.84. The summed E-state index contributed by atoms with van der Waals surface area (Å²) in [4.78, 5) is 50.0. The second kappa shape index (κ2) is 9.11. The van der Waals surface area contributed by atoms with Gasteiger partial charge in [0.15, 0.2) is 18.2 Å². The highest BCUT2D eigenvalue weighted by Gasteiger charge is 2.31. The molecule has 4 rings (SSSR count). The molecular formula is C25H16BrNO5. The Bertz CT molecular complexity index is 1290. The highest BCUT2D eigenvalue weighted by molar-refractivity contribution is 9.10. The smallest absolute Gasteiger partial charge is 0.331 e. The Morgan fingerprint density at radius 2 is 1.56 bits per heavy atom. The number of amides is 1. The van der Waals surface area contributed by atoms with Gasteiger partial charge in [0.25, 0.3) is 5.91 Å². The third-order valence-electron chi connectivity index (χ3n) is 4.83. The highest BCUT2D eigenvalue weighted by Crippen LogP contribution is 2.31. The highest BCUT2D eigenvalue weighted by atomic mass is 79.9. The lowest BCUT2D eigenvalue weighted by Gasteiger charge is -2.20.